The maximum atomic E-state index is 5.96. The smallest absolute Gasteiger partial charge is 0.171 e. The Morgan fingerprint density at radius 3 is 2.89 bits per heavy atom. The van der Waals surface area contributed by atoms with Gasteiger partial charge in [-0.05, 0) is 44.7 Å². The zero-order chi connectivity index (χ0) is 13.1. The van der Waals surface area contributed by atoms with Crippen LogP contribution < -0.4 is 0 Å². The monoisotopic (exact) mass is 261 g/mol. The normalized spacial score (nSPS) is 25.8. The van der Waals surface area contributed by atoms with Crippen LogP contribution in [0, 0.1) is 12.8 Å². The van der Waals surface area contributed by atoms with E-state index in [2.05, 4.69) is 30.1 Å². The Bertz CT molecular complexity index is 427. The van der Waals surface area contributed by atoms with Gasteiger partial charge in [0.1, 0.15) is 0 Å². The van der Waals surface area contributed by atoms with Crippen LogP contribution in [0.15, 0.2) is 18.2 Å². The predicted octanol–water partition coefficient (Wildman–Crippen LogP) is 3.26. The fourth-order valence-electron chi connectivity index (χ4n) is 3.46. The van der Waals surface area contributed by atoms with Crippen LogP contribution in [-0.4, -0.2) is 24.0 Å². The van der Waals surface area contributed by atoms with Gasteiger partial charge >= 0.3 is 0 Å². The summed E-state index contributed by atoms with van der Waals surface area (Å²) in [6.07, 6.45) is 6.99. The van der Waals surface area contributed by atoms with Gasteiger partial charge in [-0.25, -0.2) is 0 Å². The van der Waals surface area contributed by atoms with Crippen molar-refractivity contribution >= 4 is 0 Å². The molecule has 0 amide bonds. The van der Waals surface area contributed by atoms with Gasteiger partial charge in [0.25, 0.3) is 0 Å². The van der Waals surface area contributed by atoms with Crippen molar-refractivity contribution in [3.8, 4) is 0 Å². The summed E-state index contributed by atoms with van der Waals surface area (Å²) in [6, 6.07) is 6.27. The van der Waals surface area contributed by atoms with Gasteiger partial charge in [-0.15, -0.1) is 0 Å². The minimum absolute atomic E-state index is 0.262. The summed E-state index contributed by atoms with van der Waals surface area (Å²) in [6.45, 7) is 3.58. The molecule has 1 saturated carbocycles. The van der Waals surface area contributed by atoms with Crippen LogP contribution >= 0.6 is 0 Å². The van der Waals surface area contributed by atoms with E-state index in [0.717, 1.165) is 38.2 Å². The molecule has 1 unspecified atom stereocenters. The lowest BCUT2D eigenvalue weighted by atomic mass is 9.80. The Morgan fingerprint density at radius 1 is 1.26 bits per heavy atom. The van der Waals surface area contributed by atoms with E-state index in [4.69, 9.17) is 9.47 Å². The lowest BCUT2D eigenvalue weighted by molar-refractivity contribution is -0.213. The van der Waals surface area contributed by atoms with Crippen LogP contribution in [0.25, 0.3) is 0 Å². The van der Waals surface area contributed by atoms with E-state index in [-0.39, 0.29) is 5.79 Å². The van der Waals surface area contributed by atoms with Crippen LogP contribution in [0.4, 0.5) is 0 Å². The first-order chi connectivity index (χ1) is 9.28. The zero-order valence-electron chi connectivity index (χ0n) is 11.7. The van der Waals surface area contributed by atoms with Crippen molar-refractivity contribution < 1.29 is 9.47 Å². The van der Waals surface area contributed by atoms with E-state index in [1.54, 1.807) is 0 Å². The molecule has 2 fully saturated rings. The standard InChI is InChI=1S/C16H23NO2/c1-13-5-4-7-15(17-13)9-8-14-6-2-3-10-16(14)18-11-12-19-16/h4-5,7,14H,2-3,6,8-12H2,1H3. The topological polar surface area (TPSA) is 31.4 Å². The van der Waals surface area contributed by atoms with Gasteiger partial charge in [0.2, 0.25) is 0 Å². The first-order valence-corrected chi connectivity index (χ1v) is 7.49. The Balaban J connectivity index is 1.64. The summed E-state index contributed by atoms with van der Waals surface area (Å²) >= 11 is 0. The number of aromatic nitrogens is 1. The molecular formula is C16H23NO2. The van der Waals surface area contributed by atoms with Crippen molar-refractivity contribution in [1.82, 2.24) is 4.98 Å². The Morgan fingerprint density at radius 2 is 2.11 bits per heavy atom. The fourth-order valence-corrected chi connectivity index (χ4v) is 3.46. The van der Waals surface area contributed by atoms with E-state index in [0.29, 0.717) is 5.92 Å². The van der Waals surface area contributed by atoms with Gasteiger partial charge in [0.05, 0.1) is 13.2 Å². The molecule has 3 rings (SSSR count). The molecule has 0 aromatic carbocycles. The quantitative estimate of drug-likeness (QED) is 0.837. The summed E-state index contributed by atoms with van der Waals surface area (Å²) in [5.41, 5.74) is 2.29. The molecule has 1 atom stereocenters. The van der Waals surface area contributed by atoms with Gasteiger partial charge in [-0.3, -0.25) is 4.98 Å². The maximum absolute atomic E-state index is 5.96. The Kier molecular flexibility index (Phi) is 3.85. The molecule has 0 N–H and O–H groups in total. The minimum atomic E-state index is -0.262. The van der Waals surface area contributed by atoms with Crippen molar-refractivity contribution in [3.05, 3.63) is 29.6 Å². The van der Waals surface area contributed by atoms with Crippen LogP contribution in [0.2, 0.25) is 0 Å². The molecule has 3 heteroatoms. The summed E-state index contributed by atoms with van der Waals surface area (Å²) in [5.74, 6) is 0.272. The summed E-state index contributed by atoms with van der Waals surface area (Å²) in [4.78, 5) is 4.59. The summed E-state index contributed by atoms with van der Waals surface area (Å²) in [7, 11) is 0. The van der Waals surface area contributed by atoms with Gasteiger partial charge in [0, 0.05) is 23.7 Å². The highest BCUT2D eigenvalue weighted by molar-refractivity contribution is 5.10. The van der Waals surface area contributed by atoms with E-state index in [9.17, 15) is 0 Å². The van der Waals surface area contributed by atoms with E-state index >= 15 is 0 Å². The van der Waals surface area contributed by atoms with Gasteiger partial charge in [-0.2, -0.15) is 0 Å². The highest BCUT2D eigenvalue weighted by atomic mass is 16.7. The third-order valence-electron chi connectivity index (χ3n) is 4.42. The van der Waals surface area contributed by atoms with Gasteiger partial charge in [-0.1, -0.05) is 12.5 Å². The third-order valence-corrected chi connectivity index (χ3v) is 4.42. The molecule has 0 bridgehead atoms. The Hall–Kier alpha value is -0.930. The fraction of sp³-hybridized carbons (Fsp3) is 0.688. The second-order valence-corrected chi connectivity index (χ2v) is 5.76. The number of nitrogens with zero attached hydrogens (tertiary/aromatic N) is 1. The second-order valence-electron chi connectivity index (χ2n) is 5.76. The van der Waals surface area contributed by atoms with Gasteiger partial charge in [0.15, 0.2) is 5.79 Å². The largest absolute Gasteiger partial charge is 0.347 e. The first-order valence-electron chi connectivity index (χ1n) is 7.49. The minimum Gasteiger partial charge on any atom is -0.347 e. The van der Waals surface area contributed by atoms with Crippen molar-refractivity contribution in [2.24, 2.45) is 5.92 Å². The lowest BCUT2D eigenvalue weighted by Gasteiger charge is -2.39. The van der Waals surface area contributed by atoms with Crippen LogP contribution in [-0.2, 0) is 15.9 Å². The van der Waals surface area contributed by atoms with Crippen molar-refractivity contribution in [3.63, 3.8) is 0 Å². The lowest BCUT2D eigenvalue weighted by Crippen LogP contribution is -2.42. The molecule has 3 nitrogen and oxygen atoms in total. The highest BCUT2D eigenvalue weighted by Crippen LogP contribution is 2.42. The number of hydrogen-bond acceptors (Lipinski definition) is 3. The zero-order valence-corrected chi connectivity index (χ0v) is 11.7. The SMILES string of the molecule is Cc1cccc(CCC2CCCCC23OCCO3)n1. The molecule has 0 radical (unpaired) electrons. The Labute approximate surface area is 115 Å². The molecule has 104 valence electrons. The van der Waals surface area contributed by atoms with Crippen LogP contribution in [0.1, 0.15) is 43.5 Å². The maximum Gasteiger partial charge on any atom is 0.171 e. The van der Waals surface area contributed by atoms with Crippen molar-refractivity contribution in [1.29, 1.82) is 0 Å². The molecule has 1 saturated heterocycles. The van der Waals surface area contributed by atoms with E-state index in [1.807, 2.05) is 0 Å². The van der Waals surface area contributed by atoms with Crippen molar-refractivity contribution in [2.75, 3.05) is 13.2 Å². The second kappa shape index (κ2) is 5.59. The molecule has 1 aromatic rings. The molecule has 19 heavy (non-hydrogen) atoms. The molecule has 1 aliphatic carbocycles. The molecular weight excluding hydrogens is 238 g/mol. The predicted molar refractivity (Wildman–Crippen MR) is 73.9 cm³/mol. The average Bonchev–Trinajstić information content (AvgIpc) is 2.87. The first kappa shape index (κ1) is 13.1. The average molecular weight is 261 g/mol. The van der Waals surface area contributed by atoms with Crippen LogP contribution in [0.3, 0.4) is 0 Å². The molecule has 1 spiro atoms. The number of rotatable bonds is 3. The van der Waals surface area contributed by atoms with Crippen molar-refractivity contribution in [2.45, 2.75) is 51.2 Å². The molecule has 1 aliphatic heterocycles. The number of hydrogen-bond donors (Lipinski definition) is 0. The van der Waals surface area contributed by atoms with E-state index in [1.165, 1.54) is 25.0 Å². The third kappa shape index (κ3) is 2.82. The summed E-state index contributed by atoms with van der Waals surface area (Å²) in [5, 5.41) is 0. The van der Waals surface area contributed by atoms with E-state index < -0.39 is 0 Å². The highest BCUT2D eigenvalue weighted by Gasteiger charge is 2.45. The number of aryl methyl sites for hydroxylation is 2. The summed E-state index contributed by atoms with van der Waals surface area (Å²) < 4.78 is 11.9. The number of pyridine rings is 1. The molecule has 1 aromatic heterocycles. The van der Waals surface area contributed by atoms with Gasteiger partial charge < -0.3 is 9.47 Å². The van der Waals surface area contributed by atoms with Crippen LogP contribution in [0.5, 0.6) is 0 Å². The molecule has 2 heterocycles. The number of ether oxygens (including phenoxy) is 2. The molecule has 2 aliphatic rings.